The number of dihydropyridines is 1. The van der Waals surface area contributed by atoms with Crippen molar-refractivity contribution in [3.05, 3.63) is 23.9 Å². The molecular formula is C8H10BrNO2. The minimum Gasteiger partial charge on any atom is -0.466 e. The number of methoxy groups -OCH3 is 1. The lowest BCUT2D eigenvalue weighted by Crippen LogP contribution is -2.46. The molecule has 1 aliphatic rings. The van der Waals surface area contributed by atoms with Gasteiger partial charge in [-0.15, -0.1) is 0 Å². The molecule has 3 nitrogen and oxygen atoms in total. The highest BCUT2D eigenvalue weighted by Crippen LogP contribution is 2.27. The molecule has 1 heterocycles. The van der Waals surface area contributed by atoms with Crippen LogP contribution >= 0.6 is 15.9 Å². The van der Waals surface area contributed by atoms with E-state index in [4.69, 9.17) is 0 Å². The Bertz CT molecular complexity index is 260. The number of hydrogen-bond acceptors (Lipinski definition) is 3. The minimum absolute atomic E-state index is 0.347. The molecule has 1 N–H and O–H groups in total. The van der Waals surface area contributed by atoms with Crippen LogP contribution in [0, 0.1) is 0 Å². The maximum Gasteiger partial charge on any atom is 0.347 e. The normalized spacial score (nSPS) is 27.4. The number of hydrogen-bond donors (Lipinski definition) is 1. The molecule has 1 atom stereocenters. The van der Waals surface area contributed by atoms with Gasteiger partial charge in [0, 0.05) is 0 Å². The van der Waals surface area contributed by atoms with Crippen LogP contribution in [0.25, 0.3) is 0 Å². The van der Waals surface area contributed by atoms with Crippen molar-refractivity contribution in [2.24, 2.45) is 0 Å². The number of halogens is 1. The van der Waals surface area contributed by atoms with Crippen molar-refractivity contribution in [3.8, 4) is 0 Å². The molecule has 0 saturated heterocycles. The van der Waals surface area contributed by atoms with Crippen LogP contribution in [0.1, 0.15) is 6.92 Å². The molecule has 0 fully saturated rings. The lowest BCUT2D eigenvalue weighted by Gasteiger charge is -2.27. The fourth-order valence-electron chi connectivity index (χ4n) is 0.945. The van der Waals surface area contributed by atoms with E-state index in [1.54, 1.807) is 6.20 Å². The average molecular weight is 232 g/mol. The molecule has 0 aromatic carbocycles. The van der Waals surface area contributed by atoms with Gasteiger partial charge in [0.2, 0.25) is 4.45 Å². The summed E-state index contributed by atoms with van der Waals surface area (Å²) >= 11 is 3.28. The van der Waals surface area contributed by atoms with Gasteiger partial charge in [-0.1, -0.05) is 6.08 Å². The molecule has 0 aromatic heterocycles. The zero-order valence-electron chi connectivity index (χ0n) is 6.93. The number of carbonyl (C=O) groups excluding carboxylic acids is 1. The quantitative estimate of drug-likeness (QED) is 0.421. The molecule has 66 valence electrons. The molecule has 4 heteroatoms. The molecule has 1 rings (SSSR count). The first-order valence-corrected chi connectivity index (χ1v) is 4.29. The monoisotopic (exact) mass is 231 g/mol. The van der Waals surface area contributed by atoms with Gasteiger partial charge in [0.25, 0.3) is 0 Å². The first-order chi connectivity index (χ1) is 5.61. The summed E-state index contributed by atoms with van der Waals surface area (Å²) in [5, 5.41) is 2.89. The van der Waals surface area contributed by atoms with Crippen LogP contribution in [-0.4, -0.2) is 17.5 Å². The lowest BCUT2D eigenvalue weighted by molar-refractivity contribution is -0.142. The Kier molecular flexibility index (Phi) is 2.57. The molecular weight excluding hydrogens is 222 g/mol. The first kappa shape index (κ1) is 9.32. The highest BCUT2D eigenvalue weighted by molar-refractivity contribution is 9.10. The summed E-state index contributed by atoms with van der Waals surface area (Å²) in [5.41, 5.74) is 0.872. The van der Waals surface area contributed by atoms with Crippen molar-refractivity contribution in [3.63, 3.8) is 0 Å². The molecule has 0 spiro atoms. The van der Waals surface area contributed by atoms with Gasteiger partial charge in [-0.2, -0.15) is 0 Å². The largest absolute Gasteiger partial charge is 0.466 e. The summed E-state index contributed by atoms with van der Waals surface area (Å²) in [4.78, 5) is 11.3. The van der Waals surface area contributed by atoms with Gasteiger partial charge in [-0.25, -0.2) is 4.79 Å². The number of alkyl halides is 1. The SMILES string of the molecule is COC(=O)C1(Br)NC=CC=C1C. The second-order valence-corrected chi connectivity index (χ2v) is 3.69. The predicted molar refractivity (Wildman–Crippen MR) is 49.7 cm³/mol. The standard InChI is InChI=1S/C8H10BrNO2/c1-6-4-3-5-10-8(6,9)7(11)12-2/h3-5,10H,1-2H3. The number of nitrogens with one attached hydrogen (secondary N) is 1. The van der Waals surface area contributed by atoms with E-state index in [0.29, 0.717) is 0 Å². The molecule has 1 aliphatic heterocycles. The number of allylic oxidation sites excluding steroid dienone is 2. The van der Waals surface area contributed by atoms with Gasteiger partial charge in [-0.3, -0.25) is 0 Å². The number of carbonyl (C=O) groups is 1. The van der Waals surface area contributed by atoms with E-state index in [-0.39, 0.29) is 5.97 Å². The highest BCUT2D eigenvalue weighted by Gasteiger charge is 2.38. The topological polar surface area (TPSA) is 38.3 Å². The minimum atomic E-state index is -0.878. The van der Waals surface area contributed by atoms with Crippen LogP contribution in [0.4, 0.5) is 0 Å². The van der Waals surface area contributed by atoms with E-state index >= 15 is 0 Å². The van der Waals surface area contributed by atoms with Crippen molar-refractivity contribution in [2.75, 3.05) is 7.11 Å². The molecule has 0 amide bonds. The van der Waals surface area contributed by atoms with Crippen molar-refractivity contribution in [2.45, 2.75) is 11.4 Å². The predicted octanol–water partition coefficient (Wildman–Crippen LogP) is 1.31. The van der Waals surface area contributed by atoms with Crippen LogP contribution in [0.15, 0.2) is 23.9 Å². The maximum absolute atomic E-state index is 11.3. The van der Waals surface area contributed by atoms with Crippen molar-refractivity contribution < 1.29 is 9.53 Å². The fourth-order valence-corrected chi connectivity index (χ4v) is 1.37. The van der Waals surface area contributed by atoms with Crippen LogP contribution in [0.5, 0.6) is 0 Å². The third kappa shape index (κ3) is 1.39. The Morgan fingerprint density at radius 3 is 2.92 bits per heavy atom. The summed E-state index contributed by atoms with van der Waals surface area (Å²) in [5.74, 6) is -0.347. The van der Waals surface area contributed by atoms with Crippen molar-refractivity contribution in [1.29, 1.82) is 0 Å². The van der Waals surface area contributed by atoms with Crippen LogP contribution < -0.4 is 5.32 Å². The average Bonchev–Trinajstić information content (AvgIpc) is 2.09. The van der Waals surface area contributed by atoms with Gasteiger partial charge in [0.1, 0.15) is 0 Å². The van der Waals surface area contributed by atoms with E-state index in [1.165, 1.54) is 7.11 Å². The summed E-state index contributed by atoms with van der Waals surface area (Å²) in [7, 11) is 1.36. The number of ether oxygens (including phenoxy) is 1. The van der Waals surface area contributed by atoms with E-state index < -0.39 is 4.45 Å². The summed E-state index contributed by atoms with van der Waals surface area (Å²) < 4.78 is 3.76. The second-order valence-electron chi connectivity index (χ2n) is 2.50. The zero-order chi connectivity index (χ0) is 9.19. The third-order valence-electron chi connectivity index (χ3n) is 1.73. The van der Waals surface area contributed by atoms with Crippen molar-refractivity contribution in [1.82, 2.24) is 5.32 Å². The Morgan fingerprint density at radius 2 is 2.42 bits per heavy atom. The summed E-state index contributed by atoms with van der Waals surface area (Å²) in [6.45, 7) is 1.85. The number of rotatable bonds is 1. The molecule has 12 heavy (non-hydrogen) atoms. The van der Waals surface area contributed by atoms with Crippen LogP contribution in [0.3, 0.4) is 0 Å². The fraction of sp³-hybridized carbons (Fsp3) is 0.375. The van der Waals surface area contributed by atoms with E-state index in [2.05, 4.69) is 26.0 Å². The number of esters is 1. The third-order valence-corrected chi connectivity index (χ3v) is 2.91. The van der Waals surface area contributed by atoms with E-state index in [9.17, 15) is 4.79 Å². The Balaban J connectivity index is 2.92. The Morgan fingerprint density at radius 1 is 1.75 bits per heavy atom. The summed E-state index contributed by atoms with van der Waals surface area (Å²) in [6, 6.07) is 0. The maximum atomic E-state index is 11.3. The van der Waals surface area contributed by atoms with Crippen LogP contribution in [-0.2, 0) is 9.53 Å². The van der Waals surface area contributed by atoms with Gasteiger partial charge in [0.15, 0.2) is 0 Å². The molecule has 0 radical (unpaired) electrons. The molecule has 0 bridgehead atoms. The summed E-state index contributed by atoms with van der Waals surface area (Å²) in [6.07, 6.45) is 5.37. The van der Waals surface area contributed by atoms with E-state index in [1.807, 2.05) is 19.1 Å². The van der Waals surface area contributed by atoms with Crippen molar-refractivity contribution >= 4 is 21.9 Å². The van der Waals surface area contributed by atoms with E-state index in [0.717, 1.165) is 5.57 Å². The van der Waals surface area contributed by atoms with Crippen LogP contribution in [0.2, 0.25) is 0 Å². The molecule has 0 saturated carbocycles. The molecule has 1 unspecified atom stereocenters. The second kappa shape index (κ2) is 3.31. The highest BCUT2D eigenvalue weighted by atomic mass is 79.9. The van der Waals surface area contributed by atoms with Gasteiger partial charge in [-0.05, 0) is 40.7 Å². The molecule has 0 aliphatic carbocycles. The van der Waals surface area contributed by atoms with Gasteiger partial charge < -0.3 is 10.1 Å². The first-order valence-electron chi connectivity index (χ1n) is 3.50. The smallest absolute Gasteiger partial charge is 0.347 e. The van der Waals surface area contributed by atoms with Gasteiger partial charge >= 0.3 is 5.97 Å². The Labute approximate surface area is 79.6 Å². The lowest BCUT2D eigenvalue weighted by atomic mass is 10.1. The molecule has 0 aromatic rings. The zero-order valence-corrected chi connectivity index (χ0v) is 8.51. The van der Waals surface area contributed by atoms with Gasteiger partial charge in [0.05, 0.1) is 7.11 Å². The Hall–Kier alpha value is -0.770.